The zero-order valence-electron chi connectivity index (χ0n) is 19.3. The third-order valence-electron chi connectivity index (χ3n) is 7.71. The summed E-state index contributed by atoms with van der Waals surface area (Å²) >= 11 is 0. The van der Waals surface area contributed by atoms with Crippen molar-refractivity contribution in [3.63, 3.8) is 0 Å². The lowest BCUT2D eigenvalue weighted by molar-refractivity contribution is -0.140. The first kappa shape index (κ1) is 24.2. The van der Waals surface area contributed by atoms with Gasteiger partial charge in [-0.05, 0) is 56.3 Å². The van der Waals surface area contributed by atoms with Crippen molar-refractivity contribution in [2.75, 3.05) is 14.2 Å². The van der Waals surface area contributed by atoms with Crippen LogP contribution >= 0.6 is 0 Å². The van der Waals surface area contributed by atoms with Crippen molar-refractivity contribution in [2.45, 2.75) is 89.3 Å². The summed E-state index contributed by atoms with van der Waals surface area (Å²) in [6, 6.07) is 0. The molecule has 0 aromatic heterocycles. The molecule has 1 N–H and O–H groups in total. The van der Waals surface area contributed by atoms with Crippen LogP contribution in [-0.4, -0.2) is 43.3 Å². The van der Waals surface area contributed by atoms with Crippen LogP contribution in [0.1, 0.15) is 77.0 Å². The summed E-state index contributed by atoms with van der Waals surface area (Å²) in [7, 11) is 3.08. The summed E-state index contributed by atoms with van der Waals surface area (Å²) in [6.07, 6.45) is 19.2. The van der Waals surface area contributed by atoms with Crippen LogP contribution < -0.4 is 0 Å². The zero-order chi connectivity index (χ0) is 22.3. The fraction of sp³-hybridized carbons (Fsp3) is 0.769. The first-order valence-corrected chi connectivity index (χ1v) is 12.1. The number of unbranched alkanes of at least 4 members (excludes halogenated alkanes) is 1. The molecule has 0 spiro atoms. The van der Waals surface area contributed by atoms with E-state index < -0.39 is 0 Å². The Hall–Kier alpha value is -1.46. The Morgan fingerprint density at radius 3 is 2.61 bits per heavy atom. The van der Waals surface area contributed by atoms with Gasteiger partial charge in [-0.15, -0.1) is 0 Å². The van der Waals surface area contributed by atoms with Crippen LogP contribution in [0.4, 0.5) is 0 Å². The number of esters is 1. The number of hydrogen-bond acceptors (Lipinski definition) is 5. The van der Waals surface area contributed by atoms with Gasteiger partial charge in [0.15, 0.2) is 0 Å². The molecule has 3 saturated carbocycles. The molecular formula is C26H40O5. The van der Waals surface area contributed by atoms with Gasteiger partial charge in [-0.3, -0.25) is 9.59 Å². The topological polar surface area (TPSA) is 72.8 Å². The van der Waals surface area contributed by atoms with Crippen molar-refractivity contribution in [3.8, 4) is 0 Å². The Labute approximate surface area is 187 Å². The lowest BCUT2D eigenvalue weighted by Gasteiger charge is -2.46. The Balaban J connectivity index is 1.50. The highest BCUT2D eigenvalue weighted by molar-refractivity contribution is 5.84. The minimum Gasteiger partial charge on any atom is -0.469 e. The minimum atomic E-state index is -0.274. The van der Waals surface area contributed by atoms with Crippen LogP contribution in [0.3, 0.4) is 0 Å². The van der Waals surface area contributed by atoms with E-state index >= 15 is 0 Å². The van der Waals surface area contributed by atoms with Gasteiger partial charge in [0.1, 0.15) is 5.78 Å². The van der Waals surface area contributed by atoms with Gasteiger partial charge >= 0.3 is 5.97 Å². The highest BCUT2D eigenvalue weighted by Crippen LogP contribution is 2.53. The third-order valence-corrected chi connectivity index (χ3v) is 7.71. The van der Waals surface area contributed by atoms with Gasteiger partial charge in [0.05, 0.1) is 19.3 Å². The first-order chi connectivity index (χ1) is 15.0. The highest BCUT2D eigenvalue weighted by Gasteiger charge is 2.46. The van der Waals surface area contributed by atoms with E-state index in [-0.39, 0.29) is 41.2 Å². The number of Topliss-reactive ketones (excluding diaryl/α,β-unsaturated/α-hetero) is 1. The molecule has 5 heteroatoms. The molecule has 0 saturated heterocycles. The number of ether oxygens (including phenoxy) is 2. The third kappa shape index (κ3) is 6.52. The van der Waals surface area contributed by atoms with Gasteiger partial charge in [-0.25, -0.2) is 0 Å². The molecule has 3 aliphatic rings. The monoisotopic (exact) mass is 432 g/mol. The van der Waals surface area contributed by atoms with E-state index in [9.17, 15) is 14.7 Å². The molecule has 0 aromatic carbocycles. The maximum atomic E-state index is 12.6. The van der Waals surface area contributed by atoms with Crippen molar-refractivity contribution >= 4 is 11.8 Å². The molecule has 0 radical (unpaired) electrons. The molecule has 3 fully saturated rings. The fourth-order valence-corrected chi connectivity index (χ4v) is 5.39. The van der Waals surface area contributed by atoms with Gasteiger partial charge in [0.25, 0.3) is 0 Å². The number of carbonyl (C=O) groups excluding carboxylic acids is 2. The van der Waals surface area contributed by atoms with E-state index in [0.29, 0.717) is 25.7 Å². The maximum Gasteiger partial charge on any atom is 0.305 e. The van der Waals surface area contributed by atoms with Gasteiger partial charge < -0.3 is 14.6 Å². The molecule has 0 aromatic rings. The first-order valence-electron chi connectivity index (χ1n) is 12.1. The van der Waals surface area contributed by atoms with E-state index in [1.807, 2.05) is 0 Å². The Morgan fingerprint density at radius 1 is 1.23 bits per heavy atom. The van der Waals surface area contributed by atoms with Crippen LogP contribution in [0.5, 0.6) is 0 Å². The minimum absolute atomic E-state index is 0.0604. The molecule has 0 aliphatic heterocycles. The average Bonchev–Trinajstić information content (AvgIpc) is 3.50. The molecule has 0 bridgehead atoms. The molecular weight excluding hydrogens is 392 g/mol. The standard InChI is InChI=1S/C26H40O5/c1-30-23-17-22(27)20(9-5-3-4-6-12-25(29)31-2)21(23)10-7-11-24(28)26(15-8-16-26)18-19-13-14-19/h3,5,7,10,19-21,23-24,28H,4,6,8-9,11-18H2,1-2H3/t20-,21-,23-,24?/m1/s1. The molecule has 5 nitrogen and oxygen atoms in total. The van der Waals surface area contributed by atoms with Gasteiger partial charge in [-0.1, -0.05) is 43.6 Å². The quantitative estimate of drug-likeness (QED) is 0.258. The van der Waals surface area contributed by atoms with E-state index in [0.717, 1.165) is 31.6 Å². The average molecular weight is 433 g/mol. The summed E-state index contributed by atoms with van der Waals surface area (Å²) in [5, 5.41) is 10.9. The summed E-state index contributed by atoms with van der Waals surface area (Å²) in [6.45, 7) is 0. The number of allylic oxidation sites excluding steroid dienone is 2. The van der Waals surface area contributed by atoms with Crippen LogP contribution in [0.25, 0.3) is 0 Å². The summed E-state index contributed by atoms with van der Waals surface area (Å²) in [5.74, 6) is 0.901. The predicted octanol–water partition coefficient (Wildman–Crippen LogP) is 4.77. The number of carbonyl (C=O) groups is 2. The van der Waals surface area contributed by atoms with Gasteiger partial charge in [0, 0.05) is 31.8 Å². The van der Waals surface area contributed by atoms with Crippen molar-refractivity contribution in [2.24, 2.45) is 23.2 Å². The number of ketones is 1. The summed E-state index contributed by atoms with van der Waals surface area (Å²) < 4.78 is 10.3. The van der Waals surface area contributed by atoms with Crippen molar-refractivity contribution in [3.05, 3.63) is 24.3 Å². The molecule has 0 amide bonds. The Morgan fingerprint density at radius 2 is 2.00 bits per heavy atom. The van der Waals surface area contributed by atoms with E-state index in [4.69, 9.17) is 4.74 Å². The zero-order valence-corrected chi connectivity index (χ0v) is 19.3. The van der Waals surface area contributed by atoms with Crippen LogP contribution in [0.2, 0.25) is 0 Å². The number of methoxy groups -OCH3 is 2. The van der Waals surface area contributed by atoms with E-state index in [1.165, 1.54) is 32.8 Å². The number of rotatable bonds is 13. The van der Waals surface area contributed by atoms with Crippen molar-refractivity contribution < 1.29 is 24.2 Å². The van der Waals surface area contributed by atoms with E-state index in [1.54, 1.807) is 7.11 Å². The number of aliphatic hydroxyl groups excluding tert-OH is 1. The predicted molar refractivity (Wildman–Crippen MR) is 120 cm³/mol. The molecule has 31 heavy (non-hydrogen) atoms. The Bertz CT molecular complexity index is 659. The largest absolute Gasteiger partial charge is 0.469 e. The summed E-state index contributed by atoms with van der Waals surface area (Å²) in [5.41, 5.74) is 0.143. The fourth-order valence-electron chi connectivity index (χ4n) is 5.39. The molecule has 174 valence electrons. The second-order valence-electron chi connectivity index (χ2n) is 9.85. The lowest BCUT2D eigenvalue weighted by atomic mass is 9.61. The molecule has 0 heterocycles. The molecule has 3 aliphatic carbocycles. The number of aliphatic hydroxyl groups is 1. The molecule has 4 atom stereocenters. The van der Waals surface area contributed by atoms with Gasteiger partial charge in [0.2, 0.25) is 0 Å². The second kappa shape index (κ2) is 11.4. The normalized spacial score (nSPS) is 28.9. The lowest BCUT2D eigenvalue weighted by Crippen LogP contribution is -2.41. The second-order valence-corrected chi connectivity index (χ2v) is 9.85. The Kier molecular flexibility index (Phi) is 8.91. The SMILES string of the molecule is COC(=O)CCCC=CC[C@H]1C(=O)C[C@@H](OC)[C@@H]1C=CCC(O)C1(CC2CC2)CCC1. The molecule has 3 rings (SSSR count). The van der Waals surface area contributed by atoms with Crippen LogP contribution in [0.15, 0.2) is 24.3 Å². The van der Waals surface area contributed by atoms with E-state index in [2.05, 4.69) is 29.0 Å². The maximum absolute atomic E-state index is 12.6. The van der Waals surface area contributed by atoms with Crippen molar-refractivity contribution in [1.29, 1.82) is 0 Å². The van der Waals surface area contributed by atoms with Gasteiger partial charge in [-0.2, -0.15) is 0 Å². The highest BCUT2D eigenvalue weighted by atomic mass is 16.5. The van der Waals surface area contributed by atoms with Crippen LogP contribution in [0, 0.1) is 23.2 Å². The van der Waals surface area contributed by atoms with Crippen molar-refractivity contribution in [1.82, 2.24) is 0 Å². The van der Waals surface area contributed by atoms with Crippen LogP contribution in [-0.2, 0) is 19.1 Å². The smallest absolute Gasteiger partial charge is 0.305 e. The number of hydrogen-bond donors (Lipinski definition) is 1. The molecule has 1 unspecified atom stereocenters. The summed E-state index contributed by atoms with van der Waals surface area (Å²) in [4.78, 5) is 23.8.